The van der Waals surface area contributed by atoms with Gasteiger partial charge < -0.3 is 19.9 Å². The van der Waals surface area contributed by atoms with Gasteiger partial charge in [-0.15, -0.1) is 0 Å². The fraction of sp³-hybridized carbons (Fsp3) is 0.250. The number of rotatable bonds is 7. The number of piperazine rings is 1. The highest BCUT2D eigenvalue weighted by atomic mass is 32.2. The van der Waals surface area contributed by atoms with Crippen LogP contribution in [0.25, 0.3) is 0 Å². The monoisotopic (exact) mass is 460 g/mol. The molecule has 4 rings (SSSR count). The van der Waals surface area contributed by atoms with Crippen molar-refractivity contribution in [2.45, 2.75) is 5.03 Å². The van der Waals surface area contributed by atoms with E-state index < -0.39 is 0 Å². The van der Waals surface area contributed by atoms with Gasteiger partial charge in [0.2, 0.25) is 5.91 Å². The number of benzene rings is 2. The summed E-state index contributed by atoms with van der Waals surface area (Å²) in [6.45, 7) is 3.36. The zero-order valence-corrected chi connectivity index (χ0v) is 19.1. The molecule has 1 N–H and O–H groups in total. The van der Waals surface area contributed by atoms with Crippen LogP contribution in [0.1, 0.15) is 5.56 Å². The second-order valence-electron chi connectivity index (χ2n) is 7.38. The predicted octanol–water partition coefficient (Wildman–Crippen LogP) is 3.41. The summed E-state index contributed by atoms with van der Waals surface area (Å²) in [6.07, 6.45) is 3.34. The average Bonchev–Trinajstić information content (AvgIpc) is 2.88. The van der Waals surface area contributed by atoms with E-state index in [-0.39, 0.29) is 11.7 Å². The Morgan fingerprint density at radius 1 is 1.03 bits per heavy atom. The Balaban J connectivity index is 1.33. The molecule has 0 aliphatic carbocycles. The summed E-state index contributed by atoms with van der Waals surface area (Å²) in [5.41, 5.74) is 2.39. The summed E-state index contributed by atoms with van der Waals surface area (Å²) in [6, 6.07) is 17.0. The first-order valence-electron chi connectivity index (χ1n) is 10.5. The Labute approximate surface area is 197 Å². The van der Waals surface area contributed by atoms with Crippen LogP contribution >= 0.6 is 11.8 Å². The molecule has 9 heteroatoms. The molecule has 1 aliphatic heterocycles. The predicted molar refractivity (Wildman–Crippen MR) is 130 cm³/mol. The minimum atomic E-state index is -0.134. The quantitative estimate of drug-likeness (QED) is 0.536. The Hall–Kier alpha value is -3.77. The molecular weight excluding hydrogens is 436 g/mol. The normalized spacial score (nSPS) is 13.3. The lowest BCUT2D eigenvalue weighted by atomic mass is 10.2. The van der Waals surface area contributed by atoms with Crippen LogP contribution in [0.5, 0.6) is 5.75 Å². The molecule has 1 aliphatic rings. The fourth-order valence-electron chi connectivity index (χ4n) is 3.57. The minimum absolute atomic E-state index is 0.134. The molecule has 168 valence electrons. The number of carbonyl (C=O) groups is 1. The van der Waals surface area contributed by atoms with Gasteiger partial charge in [0.15, 0.2) is 5.82 Å². The molecule has 2 heterocycles. The number of methoxy groups -OCH3 is 1. The molecule has 1 fully saturated rings. The van der Waals surface area contributed by atoms with E-state index in [1.807, 2.05) is 12.1 Å². The molecule has 0 saturated carbocycles. The topological polar surface area (TPSA) is 94.4 Å². The summed E-state index contributed by atoms with van der Waals surface area (Å²) in [4.78, 5) is 26.0. The van der Waals surface area contributed by atoms with E-state index in [1.54, 1.807) is 43.8 Å². The van der Waals surface area contributed by atoms with E-state index in [4.69, 9.17) is 10.00 Å². The van der Waals surface area contributed by atoms with Crippen molar-refractivity contribution < 1.29 is 9.53 Å². The molecular formula is C24H24N6O2S. The molecule has 0 unspecified atom stereocenters. The van der Waals surface area contributed by atoms with Crippen LogP contribution in [-0.4, -0.2) is 54.9 Å². The highest BCUT2D eigenvalue weighted by Crippen LogP contribution is 2.28. The summed E-state index contributed by atoms with van der Waals surface area (Å²) >= 11 is 1.37. The van der Waals surface area contributed by atoms with Gasteiger partial charge in [0, 0.05) is 49.9 Å². The highest BCUT2D eigenvalue weighted by molar-refractivity contribution is 8.00. The first-order valence-corrected chi connectivity index (χ1v) is 11.5. The van der Waals surface area contributed by atoms with Crippen molar-refractivity contribution in [1.29, 1.82) is 5.26 Å². The lowest BCUT2D eigenvalue weighted by molar-refractivity contribution is -0.113. The summed E-state index contributed by atoms with van der Waals surface area (Å²) in [5, 5.41) is 12.5. The molecule has 3 aromatic rings. The molecule has 1 saturated heterocycles. The second kappa shape index (κ2) is 10.7. The number of thioether (sulfide) groups is 1. The third-order valence-electron chi connectivity index (χ3n) is 5.30. The largest absolute Gasteiger partial charge is 0.497 e. The molecule has 0 bridgehead atoms. The number of ether oxygens (including phenoxy) is 1. The SMILES string of the molecule is COc1ccc(N2CCN(c3nccnc3SCC(=O)Nc3ccc(C#N)cc3)CC2)cc1. The maximum Gasteiger partial charge on any atom is 0.234 e. The van der Waals surface area contributed by atoms with Gasteiger partial charge in [-0.25, -0.2) is 9.97 Å². The zero-order valence-electron chi connectivity index (χ0n) is 18.3. The van der Waals surface area contributed by atoms with Crippen LogP contribution in [-0.2, 0) is 4.79 Å². The van der Waals surface area contributed by atoms with Gasteiger partial charge in [0.25, 0.3) is 0 Å². The first kappa shape index (κ1) is 22.4. The summed E-state index contributed by atoms with van der Waals surface area (Å²) in [7, 11) is 1.67. The Kier molecular flexibility index (Phi) is 7.27. The van der Waals surface area contributed by atoms with Gasteiger partial charge >= 0.3 is 0 Å². The first-order chi connectivity index (χ1) is 16.2. The van der Waals surface area contributed by atoms with E-state index in [0.717, 1.165) is 42.8 Å². The molecule has 33 heavy (non-hydrogen) atoms. The molecule has 0 radical (unpaired) electrons. The number of nitrogens with zero attached hydrogens (tertiary/aromatic N) is 5. The zero-order chi connectivity index (χ0) is 23.0. The van der Waals surface area contributed by atoms with Gasteiger partial charge in [-0.1, -0.05) is 11.8 Å². The average molecular weight is 461 g/mol. The number of amides is 1. The molecule has 1 amide bonds. The van der Waals surface area contributed by atoms with Crippen molar-refractivity contribution in [3.63, 3.8) is 0 Å². The van der Waals surface area contributed by atoms with Crippen LogP contribution < -0.4 is 19.9 Å². The number of carbonyl (C=O) groups excluding carboxylic acids is 1. The van der Waals surface area contributed by atoms with E-state index in [1.165, 1.54) is 17.4 Å². The highest BCUT2D eigenvalue weighted by Gasteiger charge is 2.21. The van der Waals surface area contributed by atoms with E-state index in [2.05, 4.69) is 43.3 Å². The molecule has 0 atom stereocenters. The van der Waals surface area contributed by atoms with Gasteiger partial charge in [0.05, 0.1) is 24.5 Å². The lowest BCUT2D eigenvalue weighted by Crippen LogP contribution is -2.47. The number of hydrogen-bond acceptors (Lipinski definition) is 8. The number of hydrogen-bond donors (Lipinski definition) is 1. The van der Waals surface area contributed by atoms with Crippen molar-refractivity contribution >= 4 is 34.9 Å². The van der Waals surface area contributed by atoms with Crippen molar-refractivity contribution in [3.05, 3.63) is 66.5 Å². The van der Waals surface area contributed by atoms with Crippen LogP contribution in [0.15, 0.2) is 66.0 Å². The second-order valence-corrected chi connectivity index (χ2v) is 8.35. The number of nitriles is 1. The van der Waals surface area contributed by atoms with Crippen LogP contribution in [0, 0.1) is 11.3 Å². The van der Waals surface area contributed by atoms with Crippen LogP contribution in [0.4, 0.5) is 17.2 Å². The standard InChI is InChI=1S/C24H24N6O2S/c1-32-21-8-6-20(7-9-21)29-12-14-30(15-13-29)23-24(27-11-10-26-23)33-17-22(31)28-19-4-2-18(16-25)3-5-19/h2-11H,12-15,17H2,1H3,(H,28,31). The van der Waals surface area contributed by atoms with Gasteiger partial charge in [0.1, 0.15) is 10.8 Å². The summed E-state index contributed by atoms with van der Waals surface area (Å²) < 4.78 is 5.24. The van der Waals surface area contributed by atoms with E-state index in [9.17, 15) is 4.79 Å². The van der Waals surface area contributed by atoms with E-state index >= 15 is 0 Å². The Bertz CT molecular complexity index is 1120. The van der Waals surface area contributed by atoms with Crippen LogP contribution in [0.2, 0.25) is 0 Å². The Morgan fingerprint density at radius 2 is 1.70 bits per heavy atom. The van der Waals surface area contributed by atoms with Gasteiger partial charge in [-0.2, -0.15) is 5.26 Å². The number of nitrogens with one attached hydrogen (secondary N) is 1. The van der Waals surface area contributed by atoms with E-state index in [0.29, 0.717) is 11.3 Å². The van der Waals surface area contributed by atoms with Crippen LogP contribution in [0.3, 0.4) is 0 Å². The maximum absolute atomic E-state index is 12.4. The van der Waals surface area contributed by atoms with Crippen molar-refractivity contribution in [2.24, 2.45) is 0 Å². The molecule has 2 aromatic carbocycles. The lowest BCUT2D eigenvalue weighted by Gasteiger charge is -2.37. The Morgan fingerprint density at radius 3 is 2.36 bits per heavy atom. The minimum Gasteiger partial charge on any atom is -0.497 e. The summed E-state index contributed by atoms with van der Waals surface area (Å²) in [5.74, 6) is 1.74. The maximum atomic E-state index is 12.4. The van der Waals surface area contributed by atoms with Crippen molar-refractivity contribution in [3.8, 4) is 11.8 Å². The smallest absolute Gasteiger partial charge is 0.234 e. The molecule has 8 nitrogen and oxygen atoms in total. The third-order valence-corrected chi connectivity index (χ3v) is 6.27. The molecule has 1 aromatic heterocycles. The fourth-order valence-corrected chi connectivity index (χ4v) is 4.35. The van der Waals surface area contributed by atoms with Crippen molar-refractivity contribution in [1.82, 2.24) is 9.97 Å². The molecule has 0 spiro atoms. The van der Waals surface area contributed by atoms with Gasteiger partial charge in [-0.05, 0) is 48.5 Å². The number of anilines is 3. The third kappa shape index (κ3) is 5.73. The van der Waals surface area contributed by atoms with Gasteiger partial charge in [-0.3, -0.25) is 4.79 Å². The number of aromatic nitrogens is 2. The van der Waals surface area contributed by atoms with Crippen molar-refractivity contribution in [2.75, 3.05) is 54.2 Å².